The number of rotatable bonds is 0. The second-order valence-electron chi connectivity index (χ2n) is 2.27. The lowest BCUT2D eigenvalue weighted by molar-refractivity contribution is 0.603. The topological polar surface area (TPSA) is 57.9 Å². The third-order valence-corrected chi connectivity index (χ3v) is 2.74. The molecule has 58 valence electrons. The maximum Gasteiger partial charge on any atom is 0.171 e. The Morgan fingerprint density at radius 3 is 2.82 bits per heavy atom. The van der Waals surface area contributed by atoms with Crippen molar-refractivity contribution in [1.82, 2.24) is 0 Å². The minimum absolute atomic E-state index is 0.122. The summed E-state index contributed by atoms with van der Waals surface area (Å²) in [5.74, 6) is 0.122. The van der Waals surface area contributed by atoms with Crippen LogP contribution in [0.15, 0.2) is 23.1 Å². The van der Waals surface area contributed by atoms with Gasteiger partial charge in [0.05, 0.1) is 11.8 Å². The molecular formula is C7H7NO2S. The van der Waals surface area contributed by atoms with Crippen molar-refractivity contribution in [2.24, 2.45) is 0 Å². The highest BCUT2D eigenvalue weighted by Gasteiger charge is 2.11. The molecule has 0 saturated heterocycles. The highest BCUT2D eigenvalue weighted by Crippen LogP contribution is 2.13. The van der Waals surface area contributed by atoms with Crippen LogP contribution in [0.1, 0.15) is 6.42 Å². The first-order chi connectivity index (χ1) is 5.14. The van der Waals surface area contributed by atoms with E-state index < -0.39 is 9.84 Å². The first-order valence-corrected chi connectivity index (χ1v) is 4.85. The van der Waals surface area contributed by atoms with E-state index in [4.69, 9.17) is 5.26 Å². The summed E-state index contributed by atoms with van der Waals surface area (Å²) in [5, 5.41) is 9.39. The molecule has 0 radical (unpaired) electrons. The van der Waals surface area contributed by atoms with E-state index in [0.29, 0.717) is 6.42 Å². The molecule has 0 spiro atoms. The van der Waals surface area contributed by atoms with Crippen LogP contribution in [-0.2, 0) is 9.84 Å². The lowest BCUT2D eigenvalue weighted by atomic mass is 10.2. The molecular weight excluding hydrogens is 162 g/mol. The molecule has 1 heterocycles. The molecule has 11 heavy (non-hydrogen) atoms. The van der Waals surface area contributed by atoms with Gasteiger partial charge in [0.2, 0.25) is 0 Å². The lowest BCUT2D eigenvalue weighted by Crippen LogP contribution is -2.07. The molecule has 1 aliphatic rings. The molecule has 4 heteroatoms. The standard InChI is InChI=1S/C7H7NO2S/c8-4-1-7-2-5-11(9,10)6-3-7/h1-2,5H,3,6H2. The summed E-state index contributed by atoms with van der Waals surface area (Å²) in [6.45, 7) is 0. The van der Waals surface area contributed by atoms with E-state index in [9.17, 15) is 8.42 Å². The molecule has 0 saturated carbocycles. The SMILES string of the molecule is N#CC=C1C=CS(=O)(=O)CC1. The van der Waals surface area contributed by atoms with E-state index in [1.165, 1.54) is 12.2 Å². The molecule has 0 N–H and O–H groups in total. The molecule has 0 bridgehead atoms. The van der Waals surface area contributed by atoms with Crippen molar-refractivity contribution in [2.45, 2.75) is 6.42 Å². The van der Waals surface area contributed by atoms with Crippen molar-refractivity contribution in [3.05, 3.63) is 23.1 Å². The molecule has 0 unspecified atom stereocenters. The quantitative estimate of drug-likeness (QED) is 0.503. The average Bonchev–Trinajstić information content (AvgIpc) is 1.94. The summed E-state index contributed by atoms with van der Waals surface area (Å²) in [6, 6.07) is 1.86. The van der Waals surface area contributed by atoms with Crippen LogP contribution in [0.5, 0.6) is 0 Å². The highest BCUT2D eigenvalue weighted by molar-refractivity contribution is 7.94. The van der Waals surface area contributed by atoms with Crippen LogP contribution >= 0.6 is 0 Å². The first kappa shape index (κ1) is 8.02. The maximum atomic E-state index is 10.8. The van der Waals surface area contributed by atoms with Gasteiger partial charge in [0, 0.05) is 11.5 Å². The van der Waals surface area contributed by atoms with E-state index in [0.717, 1.165) is 11.0 Å². The molecule has 0 aliphatic carbocycles. The van der Waals surface area contributed by atoms with E-state index in [1.807, 2.05) is 6.07 Å². The second kappa shape index (κ2) is 2.89. The largest absolute Gasteiger partial charge is 0.224 e. The van der Waals surface area contributed by atoms with Gasteiger partial charge in [0.25, 0.3) is 0 Å². The Kier molecular flexibility index (Phi) is 2.11. The Morgan fingerprint density at radius 2 is 2.36 bits per heavy atom. The zero-order valence-corrected chi connectivity index (χ0v) is 6.63. The zero-order valence-electron chi connectivity index (χ0n) is 5.82. The van der Waals surface area contributed by atoms with Crippen LogP contribution < -0.4 is 0 Å². The number of hydrogen-bond donors (Lipinski definition) is 0. The monoisotopic (exact) mass is 169 g/mol. The number of sulfone groups is 1. The van der Waals surface area contributed by atoms with E-state index >= 15 is 0 Å². The maximum absolute atomic E-state index is 10.8. The zero-order chi connectivity index (χ0) is 8.32. The number of hydrogen-bond acceptors (Lipinski definition) is 3. The summed E-state index contributed by atoms with van der Waals surface area (Å²) in [4.78, 5) is 0. The van der Waals surface area contributed by atoms with Crippen molar-refractivity contribution in [1.29, 1.82) is 5.26 Å². The Morgan fingerprint density at radius 1 is 1.64 bits per heavy atom. The van der Waals surface area contributed by atoms with E-state index in [1.54, 1.807) is 0 Å². The third kappa shape index (κ3) is 2.20. The Bertz CT molecular complexity index is 343. The van der Waals surface area contributed by atoms with Crippen LogP contribution in [0, 0.1) is 11.3 Å². The molecule has 3 nitrogen and oxygen atoms in total. The van der Waals surface area contributed by atoms with Gasteiger partial charge in [0.15, 0.2) is 9.84 Å². The molecule has 0 aromatic carbocycles. The van der Waals surface area contributed by atoms with Crippen molar-refractivity contribution >= 4 is 9.84 Å². The fraction of sp³-hybridized carbons (Fsp3) is 0.286. The van der Waals surface area contributed by atoms with E-state index in [2.05, 4.69) is 0 Å². The van der Waals surface area contributed by atoms with Gasteiger partial charge in [-0.2, -0.15) is 5.26 Å². The Labute approximate surface area is 65.6 Å². The van der Waals surface area contributed by atoms with Gasteiger partial charge in [0.1, 0.15) is 0 Å². The van der Waals surface area contributed by atoms with Gasteiger partial charge < -0.3 is 0 Å². The summed E-state index contributed by atoms with van der Waals surface area (Å²) in [5.41, 5.74) is 0.780. The van der Waals surface area contributed by atoms with Crippen LogP contribution in [-0.4, -0.2) is 14.2 Å². The molecule has 0 fully saturated rings. The Balaban J connectivity index is 2.90. The number of nitrogens with zero attached hydrogens (tertiary/aromatic N) is 1. The summed E-state index contributed by atoms with van der Waals surface area (Å²) >= 11 is 0. The van der Waals surface area contributed by atoms with Crippen molar-refractivity contribution in [3.8, 4) is 6.07 Å². The van der Waals surface area contributed by atoms with E-state index in [-0.39, 0.29) is 5.75 Å². The number of allylic oxidation sites excluding steroid dienone is 3. The molecule has 0 aromatic rings. The van der Waals surface area contributed by atoms with Crippen LogP contribution in [0.3, 0.4) is 0 Å². The van der Waals surface area contributed by atoms with Crippen LogP contribution in [0.2, 0.25) is 0 Å². The third-order valence-electron chi connectivity index (χ3n) is 1.41. The minimum atomic E-state index is -2.96. The van der Waals surface area contributed by atoms with Crippen LogP contribution in [0.25, 0.3) is 0 Å². The summed E-state index contributed by atoms with van der Waals surface area (Å²) in [7, 11) is -2.96. The lowest BCUT2D eigenvalue weighted by Gasteiger charge is -2.05. The molecule has 0 amide bonds. The van der Waals surface area contributed by atoms with Gasteiger partial charge in [-0.15, -0.1) is 0 Å². The van der Waals surface area contributed by atoms with Gasteiger partial charge in [-0.25, -0.2) is 8.42 Å². The van der Waals surface area contributed by atoms with Gasteiger partial charge in [-0.3, -0.25) is 0 Å². The predicted molar refractivity (Wildman–Crippen MR) is 41.2 cm³/mol. The minimum Gasteiger partial charge on any atom is -0.224 e. The molecule has 1 rings (SSSR count). The van der Waals surface area contributed by atoms with Crippen molar-refractivity contribution < 1.29 is 8.42 Å². The van der Waals surface area contributed by atoms with Crippen molar-refractivity contribution in [3.63, 3.8) is 0 Å². The fourth-order valence-electron chi connectivity index (χ4n) is 0.806. The normalized spacial score (nSPS) is 24.8. The summed E-state index contributed by atoms with van der Waals surface area (Å²) < 4.78 is 21.6. The van der Waals surface area contributed by atoms with Gasteiger partial charge in [-0.05, 0) is 18.1 Å². The fourth-order valence-corrected chi connectivity index (χ4v) is 1.84. The average molecular weight is 169 g/mol. The van der Waals surface area contributed by atoms with Gasteiger partial charge in [-0.1, -0.05) is 0 Å². The smallest absolute Gasteiger partial charge is 0.171 e. The van der Waals surface area contributed by atoms with Gasteiger partial charge >= 0.3 is 0 Å². The predicted octanol–water partition coefficient (Wildman–Crippen LogP) is 0.769. The van der Waals surface area contributed by atoms with Crippen molar-refractivity contribution in [2.75, 3.05) is 5.75 Å². The summed E-state index contributed by atoms with van der Waals surface area (Å²) in [6.07, 6.45) is 3.29. The molecule has 1 aliphatic heterocycles. The molecule has 0 aromatic heterocycles. The molecule has 0 atom stereocenters. The Hall–Kier alpha value is -1.08. The number of nitriles is 1. The van der Waals surface area contributed by atoms with Crippen LogP contribution in [0.4, 0.5) is 0 Å². The first-order valence-electron chi connectivity index (χ1n) is 3.13. The highest BCUT2D eigenvalue weighted by atomic mass is 32.2. The second-order valence-corrected chi connectivity index (χ2v) is 4.27.